The lowest BCUT2D eigenvalue weighted by molar-refractivity contribution is -0.221. The summed E-state index contributed by atoms with van der Waals surface area (Å²) in [4.78, 5) is 19.5. The molecule has 5 fully saturated rings. The first kappa shape index (κ1) is 43.9. The van der Waals surface area contributed by atoms with Crippen LogP contribution < -0.4 is 14.8 Å². The molecule has 10 atom stereocenters. The first-order chi connectivity index (χ1) is 28.3. The molecule has 0 amide bonds. The summed E-state index contributed by atoms with van der Waals surface area (Å²) in [7, 11) is -1.27. The quantitative estimate of drug-likeness (QED) is 0.199. The van der Waals surface area contributed by atoms with Crippen molar-refractivity contribution in [3.8, 4) is 11.6 Å². The van der Waals surface area contributed by atoms with Crippen molar-refractivity contribution in [2.24, 2.45) is 56.7 Å². The fraction of sp³-hybridized carbons (Fsp3) is 0.760. The van der Waals surface area contributed by atoms with Crippen molar-refractivity contribution >= 4 is 15.8 Å². The second-order valence-corrected chi connectivity index (χ2v) is 24.3. The van der Waals surface area contributed by atoms with Crippen LogP contribution in [0.25, 0.3) is 0 Å². The molecule has 4 saturated carbocycles. The molecule has 7 aliphatic rings. The average Bonchev–Trinajstić information content (AvgIpc) is 3.59. The van der Waals surface area contributed by atoms with Gasteiger partial charge in [0.05, 0.1) is 30.6 Å². The van der Waals surface area contributed by atoms with Crippen LogP contribution in [0.1, 0.15) is 125 Å². The van der Waals surface area contributed by atoms with Gasteiger partial charge in [-0.2, -0.15) is 0 Å². The number of pyridine rings is 1. The number of nitrogens with zero attached hydrogens (tertiary/aromatic N) is 2. The molecule has 4 unspecified atom stereocenters. The number of carboxylic acids is 1. The van der Waals surface area contributed by atoms with Gasteiger partial charge >= 0.3 is 5.97 Å². The molecule has 1 saturated heterocycles. The topological polar surface area (TPSA) is 118 Å². The van der Waals surface area contributed by atoms with Crippen molar-refractivity contribution in [1.82, 2.24) is 15.2 Å². The van der Waals surface area contributed by atoms with E-state index in [1.165, 1.54) is 68.1 Å². The molecule has 9 nitrogen and oxygen atoms in total. The SMILES string of the molecule is C=C(C)[C@@H]1CC[C@]2(NCCN3CCS(=O)(=O)CC3)CC[C@]3(C)[C@H](CCC4[C@@]5(C)CC=C(C6=CCC(CCOc7cc(OC)ccn7)(C(=O)O)CC6)C(C)(C)C5CC[C@]43C)C12. The maximum absolute atomic E-state index is 12.8. The van der Waals surface area contributed by atoms with Crippen LogP contribution in [0, 0.1) is 56.7 Å². The Kier molecular flexibility index (Phi) is 11.6. The highest BCUT2D eigenvalue weighted by atomic mass is 32.2. The summed E-state index contributed by atoms with van der Waals surface area (Å²) in [5.41, 5.74) is 4.21. The molecule has 1 aromatic rings. The van der Waals surface area contributed by atoms with E-state index in [1.807, 2.05) is 0 Å². The highest BCUT2D eigenvalue weighted by Crippen LogP contribution is 2.76. The van der Waals surface area contributed by atoms with Gasteiger partial charge in [-0.25, -0.2) is 13.4 Å². The summed E-state index contributed by atoms with van der Waals surface area (Å²) in [5, 5.41) is 14.8. The van der Waals surface area contributed by atoms with E-state index in [1.54, 1.807) is 25.4 Å². The second-order valence-electron chi connectivity index (χ2n) is 22.0. The number of ether oxygens (including phenoxy) is 2. The van der Waals surface area contributed by atoms with Crippen molar-refractivity contribution in [2.75, 3.05) is 51.4 Å². The number of allylic oxidation sites excluding steroid dienone is 5. The molecule has 0 radical (unpaired) electrons. The Balaban J connectivity index is 0.985. The third-order valence-corrected chi connectivity index (χ3v) is 20.8. The number of hydrogen-bond donors (Lipinski definition) is 2. The minimum absolute atomic E-state index is 0.00294. The van der Waals surface area contributed by atoms with Gasteiger partial charge in [-0.1, -0.05) is 58.9 Å². The zero-order valence-corrected chi connectivity index (χ0v) is 38.7. The Hall–Kier alpha value is -2.69. The number of carbonyl (C=O) groups is 1. The number of hydrogen-bond acceptors (Lipinski definition) is 8. The van der Waals surface area contributed by atoms with Crippen molar-refractivity contribution in [3.05, 3.63) is 53.8 Å². The summed E-state index contributed by atoms with van der Waals surface area (Å²) in [6.07, 6.45) is 20.0. The maximum Gasteiger partial charge on any atom is 0.310 e. The molecule has 6 aliphatic carbocycles. The highest BCUT2D eigenvalue weighted by Gasteiger charge is 2.70. The number of nitrogens with one attached hydrogen (secondary N) is 1. The van der Waals surface area contributed by atoms with Crippen LogP contribution in [0.2, 0.25) is 0 Å². The molecule has 0 spiro atoms. The standard InChI is InChI=1S/C50H75N3O6S/c1-34(2)37-13-21-50(52-26-27-53-28-31-60(56,57)32-29-53)23-22-47(6)39(43(37)50)9-10-41-46(5)17-14-38(45(3,4)40(46)15-18-48(41,47)7)35-11-19-49(20-12-35,44(54)55)24-30-59-42-33-36(58-8)16-25-51-42/h11,14,16,25,33,37,39-41,43,52H,1,9-10,12-13,15,17-24,26-32H2,2-8H3,(H,54,55)/t37-,39+,40?,41?,43?,46-,47+,48+,49?,50-/m0/s1. The van der Waals surface area contributed by atoms with Crippen LogP contribution in [-0.2, 0) is 14.6 Å². The van der Waals surface area contributed by atoms with E-state index in [-0.39, 0.29) is 27.2 Å². The summed E-state index contributed by atoms with van der Waals surface area (Å²) in [6.45, 7) is 23.5. The van der Waals surface area contributed by atoms with Gasteiger partial charge in [-0.3, -0.25) is 4.79 Å². The van der Waals surface area contributed by atoms with Gasteiger partial charge in [0.15, 0.2) is 9.84 Å². The van der Waals surface area contributed by atoms with E-state index >= 15 is 0 Å². The minimum Gasteiger partial charge on any atom is -0.497 e. The van der Waals surface area contributed by atoms with Gasteiger partial charge in [0.25, 0.3) is 0 Å². The van der Waals surface area contributed by atoms with Crippen LogP contribution in [0.4, 0.5) is 0 Å². The molecule has 332 valence electrons. The number of carboxylic acid groups (broad SMARTS) is 1. The molecule has 1 aromatic heterocycles. The molecular weight excluding hydrogens is 771 g/mol. The summed E-state index contributed by atoms with van der Waals surface area (Å²) in [5.74, 6) is 4.00. The first-order valence-corrected chi connectivity index (χ1v) is 25.2. The van der Waals surface area contributed by atoms with Gasteiger partial charge in [0.1, 0.15) is 5.75 Å². The van der Waals surface area contributed by atoms with Crippen LogP contribution in [0.15, 0.2) is 53.8 Å². The summed E-state index contributed by atoms with van der Waals surface area (Å²) in [6, 6.07) is 3.51. The fourth-order valence-electron chi connectivity index (χ4n) is 15.7. The van der Waals surface area contributed by atoms with Gasteiger partial charge in [0, 0.05) is 44.0 Å². The largest absolute Gasteiger partial charge is 0.497 e. The normalized spacial score (nSPS) is 40.8. The van der Waals surface area contributed by atoms with E-state index in [0.717, 1.165) is 25.9 Å². The Labute approximate surface area is 361 Å². The van der Waals surface area contributed by atoms with E-state index < -0.39 is 21.2 Å². The molecule has 0 aromatic carbocycles. The minimum atomic E-state index is -2.88. The van der Waals surface area contributed by atoms with E-state index in [9.17, 15) is 18.3 Å². The van der Waals surface area contributed by atoms with E-state index in [4.69, 9.17) is 9.47 Å². The zero-order valence-electron chi connectivity index (χ0n) is 37.9. The van der Waals surface area contributed by atoms with Gasteiger partial charge in [0.2, 0.25) is 5.88 Å². The van der Waals surface area contributed by atoms with Gasteiger partial charge in [-0.05, 0) is 159 Å². The molecule has 10 heteroatoms. The van der Waals surface area contributed by atoms with Gasteiger partial charge < -0.3 is 24.8 Å². The predicted octanol–water partition coefficient (Wildman–Crippen LogP) is 9.31. The van der Waals surface area contributed by atoms with Crippen molar-refractivity contribution < 1.29 is 27.8 Å². The van der Waals surface area contributed by atoms with Crippen LogP contribution in [0.3, 0.4) is 0 Å². The third-order valence-electron chi connectivity index (χ3n) is 19.2. The molecule has 2 N–H and O–H groups in total. The predicted molar refractivity (Wildman–Crippen MR) is 239 cm³/mol. The molecule has 8 rings (SSSR count). The number of aromatic nitrogens is 1. The van der Waals surface area contributed by atoms with Crippen LogP contribution >= 0.6 is 0 Å². The number of sulfone groups is 1. The number of aliphatic carboxylic acids is 1. The maximum atomic E-state index is 12.8. The third kappa shape index (κ3) is 7.22. The fourth-order valence-corrected chi connectivity index (χ4v) is 16.9. The highest BCUT2D eigenvalue weighted by molar-refractivity contribution is 7.91. The van der Waals surface area contributed by atoms with Crippen molar-refractivity contribution in [3.63, 3.8) is 0 Å². The zero-order chi connectivity index (χ0) is 42.9. The summed E-state index contributed by atoms with van der Waals surface area (Å²) < 4.78 is 35.4. The lowest BCUT2D eigenvalue weighted by Crippen LogP contribution is -2.68. The van der Waals surface area contributed by atoms with Crippen LogP contribution in [0.5, 0.6) is 11.6 Å². The summed E-state index contributed by atoms with van der Waals surface area (Å²) >= 11 is 0. The Morgan fingerprint density at radius 1 is 0.967 bits per heavy atom. The average molecular weight is 846 g/mol. The van der Waals surface area contributed by atoms with Crippen LogP contribution in [-0.4, -0.2) is 86.3 Å². The molecule has 0 bridgehead atoms. The Morgan fingerprint density at radius 2 is 1.73 bits per heavy atom. The first-order valence-electron chi connectivity index (χ1n) is 23.4. The van der Waals surface area contributed by atoms with Crippen molar-refractivity contribution in [2.45, 2.75) is 131 Å². The molecule has 2 heterocycles. The van der Waals surface area contributed by atoms with E-state index in [2.05, 4.69) is 75.5 Å². The van der Waals surface area contributed by atoms with Crippen molar-refractivity contribution in [1.29, 1.82) is 0 Å². The lowest BCUT2D eigenvalue weighted by atomic mass is 9.33. The second kappa shape index (κ2) is 15.8. The Bertz CT molecular complexity index is 2000. The lowest BCUT2D eigenvalue weighted by Gasteiger charge is -2.72. The molecule has 1 aliphatic heterocycles. The molecular formula is C50H75N3O6S. The molecule has 60 heavy (non-hydrogen) atoms. The number of fused-ring (bicyclic) bond motifs is 7. The smallest absolute Gasteiger partial charge is 0.310 e. The Morgan fingerprint density at radius 3 is 2.42 bits per heavy atom. The number of rotatable bonds is 12. The number of methoxy groups -OCH3 is 1. The van der Waals surface area contributed by atoms with E-state index in [0.29, 0.717) is 91.7 Å². The monoisotopic (exact) mass is 846 g/mol. The van der Waals surface area contributed by atoms with Gasteiger partial charge in [-0.15, -0.1) is 0 Å².